The molecule has 6 heteroatoms. The normalized spacial score (nSPS) is 16.1. The van der Waals surface area contributed by atoms with Crippen LogP contribution in [0.1, 0.15) is 50.8 Å². The van der Waals surface area contributed by atoms with Crippen LogP contribution in [0, 0.1) is 17.2 Å². The zero-order valence-electron chi connectivity index (χ0n) is 14.7. The van der Waals surface area contributed by atoms with Gasteiger partial charge in [-0.1, -0.05) is 44.2 Å². The number of esters is 1. The molecule has 0 spiro atoms. The number of benzene rings is 1. The van der Waals surface area contributed by atoms with Crippen molar-refractivity contribution in [1.82, 2.24) is 9.97 Å². The molecule has 0 atom stereocenters. The van der Waals surface area contributed by atoms with Crippen molar-refractivity contribution in [3.63, 3.8) is 0 Å². The number of nitrogens with one attached hydrogen (secondary N) is 1. The second-order valence-corrected chi connectivity index (χ2v) is 6.74. The molecule has 1 saturated carbocycles. The molecule has 0 amide bonds. The first-order valence-electron chi connectivity index (χ1n) is 9.10. The molecule has 1 aromatic carbocycles. The highest BCUT2D eigenvalue weighted by atomic mass is 16.5. The maximum atomic E-state index is 11.9. The Hall–Kier alpha value is -2.81. The number of carbonyl (C=O) groups excluding carboxylic acids is 1. The summed E-state index contributed by atoms with van der Waals surface area (Å²) < 4.78 is 5.13. The summed E-state index contributed by atoms with van der Waals surface area (Å²) in [6.07, 6.45) is 7.32. The van der Waals surface area contributed by atoms with Gasteiger partial charge in [0.15, 0.2) is 11.6 Å². The van der Waals surface area contributed by atoms with Gasteiger partial charge < -0.3 is 14.8 Å². The number of aromatic amines is 1. The van der Waals surface area contributed by atoms with E-state index in [1.165, 1.54) is 32.1 Å². The van der Waals surface area contributed by atoms with Crippen LogP contribution in [0.4, 0.5) is 0 Å². The van der Waals surface area contributed by atoms with Crippen LogP contribution in [0.5, 0.6) is 0 Å². The van der Waals surface area contributed by atoms with E-state index < -0.39 is 0 Å². The van der Waals surface area contributed by atoms with Crippen LogP contribution >= 0.6 is 0 Å². The van der Waals surface area contributed by atoms with E-state index >= 15 is 0 Å². The van der Waals surface area contributed by atoms with Gasteiger partial charge in [-0.2, -0.15) is 5.26 Å². The number of aliphatic hydroxyl groups is 1. The summed E-state index contributed by atoms with van der Waals surface area (Å²) in [7, 11) is 0. The first-order chi connectivity index (χ1) is 12.7. The Morgan fingerprint density at radius 3 is 2.81 bits per heavy atom. The van der Waals surface area contributed by atoms with Gasteiger partial charge in [0.2, 0.25) is 0 Å². The quantitative estimate of drug-likeness (QED) is 0.459. The number of imidazole rings is 1. The standard InChI is InChI=1S/C20H23N3O3/c21-12-15(20-22-16-8-4-5-9-17(16)23-20)18(24)13-26-19(25)11-10-14-6-2-1-3-7-14/h4-5,8-9,14,24H,1-3,6-7,10-11,13H2,(H,22,23)/b18-15+. The van der Waals surface area contributed by atoms with Gasteiger partial charge in [0, 0.05) is 6.42 Å². The molecule has 2 aromatic rings. The van der Waals surface area contributed by atoms with Crippen molar-refractivity contribution in [3.05, 3.63) is 35.8 Å². The minimum Gasteiger partial charge on any atom is -0.507 e. The number of H-pyrrole nitrogens is 1. The number of hydrogen-bond donors (Lipinski definition) is 2. The third-order valence-electron chi connectivity index (χ3n) is 4.88. The van der Waals surface area contributed by atoms with Crippen molar-refractivity contribution in [2.75, 3.05) is 6.61 Å². The zero-order valence-corrected chi connectivity index (χ0v) is 14.7. The van der Waals surface area contributed by atoms with Crippen molar-refractivity contribution in [2.24, 2.45) is 5.92 Å². The Balaban J connectivity index is 1.58. The molecule has 3 rings (SSSR count). The van der Waals surface area contributed by atoms with Gasteiger partial charge in [0.1, 0.15) is 18.2 Å². The van der Waals surface area contributed by atoms with Gasteiger partial charge in [-0.15, -0.1) is 0 Å². The van der Waals surface area contributed by atoms with E-state index in [1.807, 2.05) is 30.3 Å². The van der Waals surface area contributed by atoms with E-state index in [9.17, 15) is 15.2 Å². The van der Waals surface area contributed by atoms with Crippen molar-refractivity contribution < 1.29 is 14.6 Å². The van der Waals surface area contributed by atoms with E-state index in [1.54, 1.807) is 0 Å². The highest BCUT2D eigenvalue weighted by Crippen LogP contribution is 2.27. The minimum absolute atomic E-state index is 0.0127. The SMILES string of the molecule is N#C/C(=C(\O)COC(=O)CCC1CCCCC1)c1nc2ccccc2[nH]1. The fourth-order valence-electron chi connectivity index (χ4n) is 3.42. The molecule has 0 radical (unpaired) electrons. The Kier molecular flexibility index (Phi) is 5.90. The molecule has 1 fully saturated rings. The Labute approximate surface area is 152 Å². The predicted octanol–water partition coefficient (Wildman–Crippen LogP) is 4.26. The maximum Gasteiger partial charge on any atom is 0.306 e. The highest BCUT2D eigenvalue weighted by Gasteiger charge is 2.17. The number of aromatic nitrogens is 2. The summed E-state index contributed by atoms with van der Waals surface area (Å²) in [5, 5.41) is 19.5. The molecule has 0 unspecified atom stereocenters. The van der Waals surface area contributed by atoms with E-state index in [2.05, 4.69) is 9.97 Å². The Bertz CT molecular complexity index is 808. The Morgan fingerprint density at radius 2 is 2.08 bits per heavy atom. The lowest BCUT2D eigenvalue weighted by Crippen LogP contribution is -2.12. The maximum absolute atomic E-state index is 11.9. The molecule has 2 N–H and O–H groups in total. The number of nitrogens with zero attached hydrogens (tertiary/aromatic N) is 2. The second-order valence-electron chi connectivity index (χ2n) is 6.74. The summed E-state index contributed by atoms with van der Waals surface area (Å²) in [5.74, 6) is 0.233. The molecular weight excluding hydrogens is 330 g/mol. The lowest BCUT2D eigenvalue weighted by Gasteiger charge is -2.20. The number of carbonyl (C=O) groups is 1. The van der Waals surface area contributed by atoms with Crippen molar-refractivity contribution in [2.45, 2.75) is 44.9 Å². The monoisotopic (exact) mass is 353 g/mol. The largest absolute Gasteiger partial charge is 0.507 e. The molecule has 6 nitrogen and oxygen atoms in total. The molecule has 0 bridgehead atoms. The fraction of sp³-hybridized carbons (Fsp3) is 0.450. The van der Waals surface area contributed by atoms with Gasteiger partial charge in [-0.3, -0.25) is 4.79 Å². The summed E-state index contributed by atoms with van der Waals surface area (Å²) in [5.41, 5.74) is 1.46. The predicted molar refractivity (Wildman–Crippen MR) is 98.0 cm³/mol. The molecule has 136 valence electrons. The molecule has 1 heterocycles. The molecule has 1 aromatic heterocycles. The van der Waals surface area contributed by atoms with Gasteiger partial charge in [0.25, 0.3) is 0 Å². The van der Waals surface area contributed by atoms with E-state index in [4.69, 9.17) is 4.74 Å². The molecule has 0 saturated heterocycles. The zero-order chi connectivity index (χ0) is 18.4. The number of rotatable bonds is 6. The van der Waals surface area contributed by atoms with E-state index in [-0.39, 0.29) is 29.7 Å². The van der Waals surface area contributed by atoms with Crippen molar-refractivity contribution in [1.29, 1.82) is 5.26 Å². The van der Waals surface area contributed by atoms with Crippen LogP contribution in [0.15, 0.2) is 30.0 Å². The molecule has 0 aliphatic heterocycles. The number of nitriles is 1. The van der Waals surface area contributed by atoms with Crippen LogP contribution in [0.25, 0.3) is 16.6 Å². The summed E-state index contributed by atoms with van der Waals surface area (Å²) >= 11 is 0. The molecule has 26 heavy (non-hydrogen) atoms. The topological polar surface area (TPSA) is 99.0 Å². The number of ether oxygens (including phenoxy) is 1. The molecule has 1 aliphatic carbocycles. The van der Waals surface area contributed by atoms with Crippen LogP contribution in [0.3, 0.4) is 0 Å². The number of para-hydroxylation sites is 2. The summed E-state index contributed by atoms with van der Waals surface area (Å²) in [6.45, 7) is -0.316. The lowest BCUT2D eigenvalue weighted by atomic mass is 9.86. The summed E-state index contributed by atoms with van der Waals surface area (Å²) in [6, 6.07) is 9.28. The number of aliphatic hydroxyl groups excluding tert-OH is 1. The summed E-state index contributed by atoms with van der Waals surface area (Å²) in [4.78, 5) is 19.2. The van der Waals surface area contributed by atoms with Gasteiger partial charge >= 0.3 is 5.97 Å². The van der Waals surface area contributed by atoms with Gasteiger partial charge in [-0.05, 0) is 24.5 Å². The third-order valence-corrected chi connectivity index (χ3v) is 4.88. The van der Waals surface area contributed by atoms with Crippen LogP contribution in [0.2, 0.25) is 0 Å². The number of fused-ring (bicyclic) bond motifs is 1. The second kappa shape index (κ2) is 8.52. The number of allylic oxidation sites excluding steroid dienone is 1. The Morgan fingerprint density at radius 1 is 1.31 bits per heavy atom. The molecular formula is C20H23N3O3. The lowest BCUT2D eigenvalue weighted by molar-refractivity contribution is -0.143. The third kappa shape index (κ3) is 4.42. The van der Waals surface area contributed by atoms with Gasteiger partial charge in [0.05, 0.1) is 11.0 Å². The van der Waals surface area contributed by atoms with Crippen molar-refractivity contribution >= 4 is 22.6 Å². The minimum atomic E-state index is -0.344. The average molecular weight is 353 g/mol. The molecule has 1 aliphatic rings. The first-order valence-corrected chi connectivity index (χ1v) is 9.10. The fourth-order valence-corrected chi connectivity index (χ4v) is 3.42. The van der Waals surface area contributed by atoms with Crippen LogP contribution in [-0.2, 0) is 9.53 Å². The van der Waals surface area contributed by atoms with Crippen LogP contribution < -0.4 is 0 Å². The van der Waals surface area contributed by atoms with Crippen molar-refractivity contribution in [3.8, 4) is 6.07 Å². The number of hydrogen-bond acceptors (Lipinski definition) is 5. The van der Waals surface area contributed by atoms with E-state index in [0.29, 0.717) is 17.9 Å². The smallest absolute Gasteiger partial charge is 0.306 e. The van der Waals surface area contributed by atoms with Gasteiger partial charge in [-0.25, -0.2) is 4.98 Å². The average Bonchev–Trinajstić information content (AvgIpc) is 3.09. The van der Waals surface area contributed by atoms with Crippen LogP contribution in [-0.4, -0.2) is 27.7 Å². The van der Waals surface area contributed by atoms with E-state index in [0.717, 1.165) is 11.9 Å². The first kappa shape index (κ1) is 18.0. The highest BCUT2D eigenvalue weighted by molar-refractivity contribution is 5.82.